The Labute approximate surface area is 158 Å². The van der Waals surface area contributed by atoms with Crippen LogP contribution in [0.15, 0.2) is 48.7 Å². The fourth-order valence-corrected chi connectivity index (χ4v) is 3.81. The minimum atomic E-state index is -0.592. The molecule has 0 amide bonds. The molecule has 4 heteroatoms. The minimum Gasteiger partial charge on any atom is -0.388 e. The summed E-state index contributed by atoms with van der Waals surface area (Å²) < 4.78 is 0. The molecule has 1 unspecified atom stereocenters. The number of nitrogens with two attached hydrogens (primary N) is 1. The molecule has 2 heterocycles. The summed E-state index contributed by atoms with van der Waals surface area (Å²) >= 11 is 0. The molecule has 136 valence electrons. The Hall–Kier alpha value is -2.98. The number of nitrogen functional groups attached to an aromatic ring is 1. The van der Waals surface area contributed by atoms with Crippen LogP contribution in [-0.2, 0) is 6.42 Å². The van der Waals surface area contributed by atoms with E-state index in [1.54, 1.807) is 6.20 Å². The van der Waals surface area contributed by atoms with Gasteiger partial charge in [-0.2, -0.15) is 0 Å². The van der Waals surface area contributed by atoms with Crippen LogP contribution in [-0.4, -0.2) is 15.1 Å². The Morgan fingerprint density at radius 1 is 1.00 bits per heavy atom. The SMILES string of the molecule is Cc1ccc(C(O)Cc2ccnc3c(N)nc4cc(C)ccc4c23)c(C)c1. The lowest BCUT2D eigenvalue weighted by Crippen LogP contribution is -2.06. The predicted octanol–water partition coefficient (Wildman–Crippen LogP) is 4.57. The van der Waals surface area contributed by atoms with Gasteiger partial charge in [-0.15, -0.1) is 0 Å². The highest BCUT2D eigenvalue weighted by Crippen LogP contribution is 2.32. The molecule has 3 N–H and O–H groups in total. The summed E-state index contributed by atoms with van der Waals surface area (Å²) in [5, 5.41) is 12.9. The standard InChI is InChI=1S/C23H23N3O/c1-13-4-6-17(15(3)10-13)20(27)12-16-8-9-25-22-21(16)18-7-5-14(2)11-19(18)26-23(22)24/h4-11,20,27H,12H2,1-3H3,(H2,24,26). The minimum absolute atomic E-state index is 0.422. The number of nitrogens with zero attached hydrogens (tertiary/aromatic N) is 2. The predicted molar refractivity (Wildman–Crippen MR) is 111 cm³/mol. The first kappa shape index (κ1) is 17.4. The van der Waals surface area contributed by atoms with Crippen molar-refractivity contribution in [3.05, 3.63) is 76.5 Å². The smallest absolute Gasteiger partial charge is 0.150 e. The van der Waals surface area contributed by atoms with E-state index in [2.05, 4.69) is 35.1 Å². The van der Waals surface area contributed by atoms with Crippen LogP contribution in [0, 0.1) is 20.8 Å². The first-order chi connectivity index (χ1) is 12.9. The molecule has 0 aliphatic heterocycles. The summed E-state index contributed by atoms with van der Waals surface area (Å²) in [5.41, 5.74) is 13.1. The van der Waals surface area contributed by atoms with Gasteiger partial charge in [0.1, 0.15) is 5.52 Å². The summed E-state index contributed by atoms with van der Waals surface area (Å²) in [6.45, 7) is 6.13. The second-order valence-electron chi connectivity index (χ2n) is 7.29. The van der Waals surface area contributed by atoms with Crippen LogP contribution in [0.5, 0.6) is 0 Å². The Morgan fingerprint density at radius 2 is 1.74 bits per heavy atom. The lowest BCUT2D eigenvalue weighted by molar-refractivity contribution is 0.178. The molecule has 0 saturated heterocycles. The van der Waals surface area contributed by atoms with Gasteiger partial charge in [-0.25, -0.2) is 4.98 Å². The fourth-order valence-electron chi connectivity index (χ4n) is 3.81. The van der Waals surface area contributed by atoms with Crippen molar-refractivity contribution < 1.29 is 5.11 Å². The molecule has 0 radical (unpaired) electrons. The van der Waals surface area contributed by atoms with E-state index in [-0.39, 0.29) is 0 Å². The molecule has 0 spiro atoms. The Balaban J connectivity index is 1.87. The summed E-state index contributed by atoms with van der Waals surface area (Å²) in [7, 11) is 0. The normalized spacial score (nSPS) is 12.6. The summed E-state index contributed by atoms with van der Waals surface area (Å²) in [6.07, 6.45) is 1.64. The molecule has 0 fully saturated rings. The van der Waals surface area contributed by atoms with Gasteiger partial charge in [-0.1, -0.05) is 35.9 Å². The number of benzene rings is 2. The van der Waals surface area contributed by atoms with E-state index < -0.39 is 6.10 Å². The number of aliphatic hydroxyl groups excluding tert-OH is 1. The summed E-state index contributed by atoms with van der Waals surface area (Å²) in [6, 6.07) is 14.3. The van der Waals surface area contributed by atoms with Gasteiger partial charge in [-0.3, -0.25) is 4.98 Å². The highest BCUT2D eigenvalue weighted by Gasteiger charge is 2.16. The Bertz CT molecular complexity index is 1170. The van der Waals surface area contributed by atoms with Crippen LogP contribution in [0.2, 0.25) is 0 Å². The third-order valence-electron chi connectivity index (χ3n) is 5.14. The summed E-state index contributed by atoms with van der Waals surface area (Å²) in [5.74, 6) is 0.422. The number of rotatable bonds is 3. The molecule has 0 aliphatic rings. The fraction of sp³-hybridized carbons (Fsp3) is 0.217. The molecule has 0 bridgehead atoms. The van der Waals surface area contributed by atoms with Gasteiger partial charge in [0.2, 0.25) is 0 Å². The van der Waals surface area contributed by atoms with Gasteiger partial charge < -0.3 is 10.8 Å². The molecule has 1 atom stereocenters. The van der Waals surface area contributed by atoms with Gasteiger partial charge in [0.15, 0.2) is 5.82 Å². The molecule has 4 rings (SSSR count). The van der Waals surface area contributed by atoms with Crippen molar-refractivity contribution in [2.24, 2.45) is 0 Å². The van der Waals surface area contributed by atoms with Crippen molar-refractivity contribution in [1.82, 2.24) is 9.97 Å². The molecule has 4 nitrogen and oxygen atoms in total. The second kappa shape index (κ2) is 6.63. The Morgan fingerprint density at radius 3 is 2.52 bits per heavy atom. The average Bonchev–Trinajstić information content (AvgIpc) is 2.61. The molecule has 0 saturated carbocycles. The zero-order chi connectivity index (χ0) is 19.1. The lowest BCUT2D eigenvalue weighted by atomic mass is 9.94. The van der Waals surface area contributed by atoms with Crippen molar-refractivity contribution in [2.45, 2.75) is 33.3 Å². The van der Waals surface area contributed by atoms with Crippen molar-refractivity contribution in [3.63, 3.8) is 0 Å². The van der Waals surface area contributed by atoms with E-state index in [0.717, 1.165) is 38.5 Å². The number of hydrogen-bond donors (Lipinski definition) is 2. The number of aromatic nitrogens is 2. The number of pyridine rings is 2. The second-order valence-corrected chi connectivity index (χ2v) is 7.29. The van der Waals surface area contributed by atoms with Crippen molar-refractivity contribution >= 4 is 27.6 Å². The van der Waals surface area contributed by atoms with Gasteiger partial charge in [0.25, 0.3) is 0 Å². The van der Waals surface area contributed by atoms with Crippen molar-refractivity contribution in [1.29, 1.82) is 0 Å². The topological polar surface area (TPSA) is 72.0 Å². The Kier molecular flexibility index (Phi) is 4.28. The molecule has 4 aromatic rings. The average molecular weight is 357 g/mol. The highest BCUT2D eigenvalue weighted by molar-refractivity contribution is 6.09. The molecule has 2 aromatic carbocycles. The number of fused-ring (bicyclic) bond motifs is 3. The maximum atomic E-state index is 10.9. The first-order valence-corrected chi connectivity index (χ1v) is 9.12. The third kappa shape index (κ3) is 3.13. The van der Waals surface area contributed by atoms with E-state index in [4.69, 9.17) is 5.73 Å². The largest absolute Gasteiger partial charge is 0.388 e. The number of anilines is 1. The van der Waals surface area contributed by atoms with Crippen molar-refractivity contribution in [3.8, 4) is 0 Å². The molecule has 2 aromatic heterocycles. The summed E-state index contributed by atoms with van der Waals surface area (Å²) in [4.78, 5) is 8.97. The van der Waals surface area contributed by atoms with Gasteiger partial charge in [-0.05, 0) is 55.2 Å². The number of aliphatic hydroxyl groups is 1. The maximum Gasteiger partial charge on any atom is 0.150 e. The van der Waals surface area contributed by atoms with Gasteiger partial charge in [0, 0.05) is 23.4 Å². The lowest BCUT2D eigenvalue weighted by Gasteiger charge is -2.17. The monoisotopic (exact) mass is 357 g/mol. The third-order valence-corrected chi connectivity index (χ3v) is 5.14. The van der Waals surface area contributed by atoms with E-state index in [0.29, 0.717) is 17.8 Å². The van der Waals surface area contributed by atoms with E-state index >= 15 is 0 Å². The first-order valence-electron chi connectivity index (χ1n) is 9.12. The van der Waals surface area contributed by atoms with Crippen LogP contribution in [0.3, 0.4) is 0 Å². The molecular weight excluding hydrogens is 334 g/mol. The van der Waals surface area contributed by atoms with Crippen LogP contribution in [0.4, 0.5) is 5.82 Å². The van der Waals surface area contributed by atoms with E-state index in [9.17, 15) is 5.11 Å². The zero-order valence-electron chi connectivity index (χ0n) is 15.8. The van der Waals surface area contributed by atoms with Crippen LogP contribution >= 0.6 is 0 Å². The quantitative estimate of drug-likeness (QED) is 0.527. The zero-order valence-corrected chi connectivity index (χ0v) is 15.8. The number of aryl methyl sites for hydroxylation is 3. The van der Waals surface area contributed by atoms with Crippen LogP contribution in [0.1, 0.15) is 33.9 Å². The highest BCUT2D eigenvalue weighted by atomic mass is 16.3. The molecule has 27 heavy (non-hydrogen) atoms. The van der Waals surface area contributed by atoms with Gasteiger partial charge in [0.05, 0.1) is 11.6 Å². The molecule has 0 aliphatic carbocycles. The van der Waals surface area contributed by atoms with Gasteiger partial charge >= 0.3 is 0 Å². The van der Waals surface area contributed by atoms with Crippen LogP contribution in [0.25, 0.3) is 21.8 Å². The van der Waals surface area contributed by atoms with E-state index in [1.165, 1.54) is 5.56 Å². The molecular formula is C23H23N3O. The number of hydrogen-bond acceptors (Lipinski definition) is 4. The van der Waals surface area contributed by atoms with Crippen LogP contribution < -0.4 is 5.73 Å². The van der Waals surface area contributed by atoms with Crippen molar-refractivity contribution in [2.75, 3.05) is 5.73 Å². The maximum absolute atomic E-state index is 10.9. The van der Waals surface area contributed by atoms with E-state index in [1.807, 2.05) is 38.1 Å².